The maximum Gasteiger partial charge on any atom is 0.231 e. The Bertz CT molecular complexity index is 1230. The second kappa shape index (κ2) is 7.72. The third-order valence-corrected chi connectivity index (χ3v) is 7.49. The Morgan fingerprint density at radius 3 is 2.52 bits per heavy atom. The average molecular weight is 443 g/mol. The van der Waals surface area contributed by atoms with Crippen molar-refractivity contribution in [3.63, 3.8) is 0 Å². The number of nitrogens with zero attached hydrogens (tertiary/aromatic N) is 3. The zero-order chi connectivity index (χ0) is 21.6. The molecule has 3 heterocycles. The van der Waals surface area contributed by atoms with Crippen LogP contribution in [0.2, 0.25) is 0 Å². The number of hydrogen-bond donors (Lipinski definition) is 1. The number of halogens is 1. The van der Waals surface area contributed by atoms with Gasteiger partial charge in [0.1, 0.15) is 11.8 Å². The summed E-state index contributed by atoms with van der Waals surface area (Å²) in [5, 5.41) is 2.70. The Morgan fingerprint density at radius 2 is 1.84 bits per heavy atom. The summed E-state index contributed by atoms with van der Waals surface area (Å²) >= 11 is 0. The minimum atomic E-state index is -2.88. The zero-order valence-corrected chi connectivity index (χ0v) is 17.7. The van der Waals surface area contributed by atoms with E-state index in [0.717, 1.165) is 23.4 Å². The molecule has 1 N–H and O–H groups in total. The van der Waals surface area contributed by atoms with E-state index in [1.165, 1.54) is 0 Å². The zero-order valence-electron chi connectivity index (χ0n) is 16.9. The van der Waals surface area contributed by atoms with E-state index in [2.05, 4.69) is 15.2 Å². The summed E-state index contributed by atoms with van der Waals surface area (Å²) in [7, 11) is -2.88. The number of carbonyl (C=O) groups is 1. The van der Waals surface area contributed by atoms with Gasteiger partial charge >= 0.3 is 0 Å². The summed E-state index contributed by atoms with van der Waals surface area (Å²) in [5.74, 6) is -0.0316. The average Bonchev–Trinajstić information content (AvgIpc) is 3.34. The summed E-state index contributed by atoms with van der Waals surface area (Å²) in [5.41, 5.74) is 3.74. The minimum Gasteiger partial charge on any atom is -0.309 e. The third-order valence-electron chi connectivity index (χ3n) is 5.89. The van der Waals surface area contributed by atoms with Gasteiger partial charge in [-0.25, -0.2) is 17.8 Å². The van der Waals surface area contributed by atoms with Crippen molar-refractivity contribution < 1.29 is 17.6 Å². The Hall–Kier alpha value is -2.78. The van der Waals surface area contributed by atoms with Crippen LogP contribution in [-0.4, -0.2) is 59.4 Å². The molecule has 2 fully saturated rings. The van der Waals surface area contributed by atoms with E-state index in [9.17, 15) is 17.6 Å². The van der Waals surface area contributed by atoms with Gasteiger partial charge in [-0.05, 0) is 29.7 Å². The molecule has 2 unspecified atom stereocenters. The van der Waals surface area contributed by atoms with Crippen LogP contribution in [0.5, 0.6) is 0 Å². The van der Waals surface area contributed by atoms with Gasteiger partial charge in [0.15, 0.2) is 15.7 Å². The first-order chi connectivity index (χ1) is 14.9. The second-order valence-corrected chi connectivity index (χ2v) is 10.5. The first-order valence-corrected chi connectivity index (χ1v) is 12.2. The Balaban J connectivity index is 1.32. The Morgan fingerprint density at radius 1 is 1.13 bits per heavy atom. The highest BCUT2D eigenvalue weighted by Gasteiger charge is 2.43. The molecule has 1 saturated heterocycles. The molecule has 2 aromatic heterocycles. The number of pyridine rings is 1. The highest BCUT2D eigenvalue weighted by molar-refractivity contribution is 7.91. The highest BCUT2D eigenvalue weighted by atomic mass is 32.2. The summed E-state index contributed by atoms with van der Waals surface area (Å²) in [6.07, 6.45) is 0.991. The molecule has 0 spiro atoms. The number of carbonyl (C=O) groups excluding carboxylic acids is 1. The predicted molar refractivity (Wildman–Crippen MR) is 116 cm³/mol. The van der Waals surface area contributed by atoms with Crippen molar-refractivity contribution in [2.24, 2.45) is 5.92 Å². The molecule has 3 aromatic rings. The molecule has 2 aliphatic rings. The molecule has 1 saturated carbocycles. The number of fused-ring (bicyclic) bond motifs is 1. The lowest BCUT2D eigenvalue weighted by Crippen LogP contribution is -2.39. The van der Waals surface area contributed by atoms with Crippen LogP contribution in [0.3, 0.4) is 0 Å². The van der Waals surface area contributed by atoms with Crippen LogP contribution in [0.25, 0.3) is 16.9 Å². The fourth-order valence-corrected chi connectivity index (χ4v) is 5.18. The Labute approximate surface area is 179 Å². The minimum absolute atomic E-state index is 0.222. The predicted octanol–water partition coefficient (Wildman–Crippen LogP) is 2.53. The number of rotatable bonds is 5. The maximum atomic E-state index is 13.1. The molecule has 0 radical (unpaired) electrons. The van der Waals surface area contributed by atoms with Crippen LogP contribution in [0.15, 0.2) is 48.7 Å². The van der Waals surface area contributed by atoms with E-state index in [4.69, 9.17) is 0 Å². The molecule has 162 valence electrons. The first-order valence-electron chi connectivity index (χ1n) is 10.3. The van der Waals surface area contributed by atoms with Crippen molar-refractivity contribution in [1.29, 1.82) is 0 Å². The van der Waals surface area contributed by atoms with Gasteiger partial charge in [0, 0.05) is 19.6 Å². The monoisotopic (exact) mass is 442 g/mol. The van der Waals surface area contributed by atoms with Gasteiger partial charge in [0.2, 0.25) is 5.91 Å². The summed E-state index contributed by atoms with van der Waals surface area (Å²) < 4.78 is 38.2. The van der Waals surface area contributed by atoms with Gasteiger partial charge in [-0.3, -0.25) is 14.1 Å². The molecule has 2 atom stereocenters. The van der Waals surface area contributed by atoms with E-state index < -0.39 is 21.9 Å². The van der Waals surface area contributed by atoms with Crippen LogP contribution in [-0.2, 0) is 21.2 Å². The quantitative estimate of drug-likeness (QED) is 0.657. The molecular formula is C22H23FN4O3S. The van der Waals surface area contributed by atoms with Crippen molar-refractivity contribution in [2.75, 3.05) is 29.9 Å². The van der Waals surface area contributed by atoms with Crippen LogP contribution in [0.4, 0.5) is 10.2 Å². The Kier molecular flexibility index (Phi) is 5.02. The number of nitrogens with one attached hydrogen (secondary N) is 1. The third kappa shape index (κ3) is 4.33. The molecule has 1 aromatic carbocycles. The lowest BCUT2D eigenvalue weighted by atomic mass is 10.1. The van der Waals surface area contributed by atoms with E-state index in [-0.39, 0.29) is 23.8 Å². The van der Waals surface area contributed by atoms with Gasteiger partial charge < -0.3 is 5.32 Å². The van der Waals surface area contributed by atoms with Gasteiger partial charge in [-0.2, -0.15) is 0 Å². The van der Waals surface area contributed by atoms with Crippen LogP contribution in [0.1, 0.15) is 12.0 Å². The SMILES string of the molecule is O=C(Nc1cn2c(-c3ccc(CN4CCS(=O)(=O)CC4)cc3)cccc2n1)C1CC1F. The number of hydrogen-bond acceptors (Lipinski definition) is 5. The number of anilines is 1. The summed E-state index contributed by atoms with van der Waals surface area (Å²) in [6, 6.07) is 13.9. The van der Waals surface area contributed by atoms with E-state index >= 15 is 0 Å². The number of aromatic nitrogens is 2. The van der Waals surface area contributed by atoms with E-state index in [0.29, 0.717) is 24.6 Å². The van der Waals surface area contributed by atoms with Crippen molar-refractivity contribution in [2.45, 2.75) is 19.1 Å². The molecule has 1 amide bonds. The number of alkyl halides is 1. The van der Waals surface area contributed by atoms with Crippen molar-refractivity contribution in [1.82, 2.24) is 14.3 Å². The van der Waals surface area contributed by atoms with Crippen LogP contribution >= 0.6 is 0 Å². The van der Waals surface area contributed by atoms with Crippen molar-refractivity contribution in [3.8, 4) is 11.3 Å². The number of benzene rings is 1. The first kappa shape index (κ1) is 20.1. The van der Waals surface area contributed by atoms with Crippen molar-refractivity contribution >= 4 is 27.2 Å². The van der Waals surface area contributed by atoms with Crippen LogP contribution in [0, 0.1) is 5.92 Å². The maximum absolute atomic E-state index is 13.1. The fraction of sp³-hybridized carbons (Fsp3) is 0.364. The molecule has 0 bridgehead atoms. The van der Waals surface area contributed by atoms with Crippen LogP contribution < -0.4 is 5.32 Å². The normalized spacial score (nSPS) is 23.0. The van der Waals surface area contributed by atoms with Gasteiger partial charge in [0.05, 0.1) is 29.3 Å². The molecule has 1 aliphatic carbocycles. The number of amides is 1. The molecule has 1 aliphatic heterocycles. The number of sulfone groups is 1. The fourth-order valence-electron chi connectivity index (χ4n) is 3.91. The van der Waals surface area contributed by atoms with Crippen molar-refractivity contribution in [3.05, 3.63) is 54.2 Å². The summed E-state index contributed by atoms with van der Waals surface area (Å²) in [6.45, 7) is 1.85. The molecule has 5 rings (SSSR count). The molecule has 31 heavy (non-hydrogen) atoms. The molecular weight excluding hydrogens is 419 g/mol. The second-order valence-electron chi connectivity index (χ2n) is 8.24. The molecule has 7 nitrogen and oxygen atoms in total. The standard InChI is InChI=1S/C22H23FN4O3S/c23-18-12-17(18)22(28)25-20-14-27-19(2-1-3-21(27)24-20)16-6-4-15(5-7-16)13-26-8-10-31(29,30)11-9-26/h1-7,14,17-18H,8-13H2,(H,25,28). The van der Waals surface area contributed by atoms with E-state index in [1.54, 1.807) is 6.20 Å². The lowest BCUT2D eigenvalue weighted by Gasteiger charge is -2.26. The topological polar surface area (TPSA) is 83.8 Å². The lowest BCUT2D eigenvalue weighted by molar-refractivity contribution is -0.117. The molecule has 9 heteroatoms. The summed E-state index contributed by atoms with van der Waals surface area (Å²) in [4.78, 5) is 18.6. The largest absolute Gasteiger partial charge is 0.309 e. The van der Waals surface area contributed by atoms with Gasteiger partial charge in [-0.15, -0.1) is 0 Å². The van der Waals surface area contributed by atoms with Gasteiger partial charge in [-0.1, -0.05) is 30.3 Å². The smallest absolute Gasteiger partial charge is 0.231 e. The van der Waals surface area contributed by atoms with E-state index in [1.807, 2.05) is 46.9 Å². The number of imidazole rings is 1. The highest BCUT2D eigenvalue weighted by Crippen LogP contribution is 2.34. The van der Waals surface area contributed by atoms with Gasteiger partial charge in [0.25, 0.3) is 0 Å².